The van der Waals surface area contributed by atoms with E-state index >= 15 is 0 Å². The van der Waals surface area contributed by atoms with E-state index in [1.807, 2.05) is 54.6 Å². The molecule has 0 aliphatic heterocycles. The van der Waals surface area contributed by atoms with Gasteiger partial charge in [0, 0.05) is 0 Å². The van der Waals surface area contributed by atoms with Crippen LogP contribution in [0.2, 0.25) is 0 Å². The highest BCUT2D eigenvalue weighted by Gasteiger charge is 2.47. The maximum absolute atomic E-state index is 14.2. The number of carboxylic acid groups (broad SMARTS) is 1. The zero-order valence-corrected chi connectivity index (χ0v) is 22.7. The van der Waals surface area contributed by atoms with Crippen LogP contribution >= 0.6 is 7.26 Å². The van der Waals surface area contributed by atoms with E-state index in [-0.39, 0.29) is 41.6 Å². The van der Waals surface area contributed by atoms with Gasteiger partial charge in [0.25, 0.3) is 0 Å². The third kappa shape index (κ3) is 5.83. The molecule has 4 aromatic carbocycles. The molecule has 0 atom stereocenters. The van der Waals surface area contributed by atoms with E-state index in [1.165, 1.54) is 14.2 Å². The number of carbonyl (C=O) groups is 2. The number of carbonyl (C=O) groups excluding carboxylic acids is 1. The molecule has 0 bridgehead atoms. The predicted molar refractivity (Wildman–Crippen MR) is 147 cm³/mol. The van der Waals surface area contributed by atoms with Gasteiger partial charge in [-0.05, 0) is 48.5 Å². The lowest BCUT2D eigenvalue weighted by molar-refractivity contribution is -0.139. The molecule has 0 aromatic heterocycles. The number of ether oxygens (including phenoxy) is 3. The second kappa shape index (κ2) is 13.1. The van der Waals surface area contributed by atoms with E-state index in [2.05, 4.69) is 36.4 Å². The van der Waals surface area contributed by atoms with Gasteiger partial charge < -0.3 is 31.7 Å². The van der Waals surface area contributed by atoms with Crippen molar-refractivity contribution < 1.29 is 41.3 Å². The first-order valence-corrected chi connectivity index (χ1v) is 13.7. The number of methoxy groups -OCH3 is 2. The number of aliphatic carboxylic acids is 1. The summed E-state index contributed by atoms with van der Waals surface area (Å²) in [6.45, 7) is -0.544. The van der Waals surface area contributed by atoms with E-state index in [0.717, 1.165) is 15.9 Å². The van der Waals surface area contributed by atoms with Crippen LogP contribution in [0.25, 0.3) is 0 Å². The Hall–Kier alpha value is -3.86. The van der Waals surface area contributed by atoms with Crippen LogP contribution < -0.4 is 42.5 Å². The first-order chi connectivity index (χ1) is 18.0. The Kier molecular flexibility index (Phi) is 9.89. The predicted octanol–water partition coefficient (Wildman–Crippen LogP) is 1.35. The summed E-state index contributed by atoms with van der Waals surface area (Å²) in [6, 6.07) is 33.6. The molecule has 0 radical (unpaired) electrons. The molecule has 0 saturated carbocycles. The molecule has 0 aliphatic carbocycles. The highest BCUT2D eigenvalue weighted by molar-refractivity contribution is 7.96. The van der Waals surface area contributed by atoms with Crippen LogP contribution in [-0.2, 0) is 4.79 Å². The number of Topliss-reactive ketones (excluding diaryl/α,β-unsaturated/α-hetero) is 1. The summed E-state index contributed by atoms with van der Waals surface area (Å²) >= 11 is 0. The van der Waals surface area contributed by atoms with Gasteiger partial charge in [-0.2, -0.15) is 0 Å². The molecule has 8 heteroatoms. The average molecular weight is 551 g/mol. The maximum atomic E-state index is 14.2. The van der Waals surface area contributed by atoms with Gasteiger partial charge in [0.2, 0.25) is 11.5 Å². The lowest BCUT2D eigenvalue weighted by atomic mass is 10.1. The van der Waals surface area contributed by atoms with Crippen molar-refractivity contribution in [3.63, 3.8) is 0 Å². The molecular weight excluding hydrogens is 523 g/mol. The SMILES string of the molecule is COc1c(OCC(=O)O)ccc(C(=O)C[P+](c2ccccc2)(c2ccccc2)c2ccccc2)c1OC.[Cl-]. The molecule has 4 rings (SSSR count). The van der Waals surface area contributed by atoms with Crippen LogP contribution in [0.15, 0.2) is 103 Å². The Morgan fingerprint density at radius 2 is 1.13 bits per heavy atom. The first-order valence-electron chi connectivity index (χ1n) is 11.7. The minimum Gasteiger partial charge on any atom is -1.00 e. The van der Waals surface area contributed by atoms with Crippen LogP contribution in [0.3, 0.4) is 0 Å². The van der Waals surface area contributed by atoms with Crippen molar-refractivity contribution in [2.45, 2.75) is 0 Å². The summed E-state index contributed by atoms with van der Waals surface area (Å²) in [5.74, 6) is -0.664. The Bertz CT molecular complexity index is 1270. The minimum atomic E-state index is -2.42. The normalized spacial score (nSPS) is 10.7. The third-order valence-electron chi connectivity index (χ3n) is 6.11. The maximum Gasteiger partial charge on any atom is 0.341 e. The van der Waals surface area contributed by atoms with Crippen molar-refractivity contribution in [2.75, 3.05) is 27.0 Å². The molecule has 196 valence electrons. The van der Waals surface area contributed by atoms with Crippen molar-refractivity contribution >= 4 is 34.9 Å². The fourth-order valence-corrected chi connectivity index (χ4v) is 8.57. The lowest BCUT2D eigenvalue weighted by Gasteiger charge is -2.27. The summed E-state index contributed by atoms with van der Waals surface area (Å²) in [6.07, 6.45) is 0.222. The van der Waals surface area contributed by atoms with Crippen molar-refractivity contribution in [1.29, 1.82) is 0 Å². The molecular formula is C30H28ClO6P. The summed E-state index contributed by atoms with van der Waals surface area (Å²) in [5, 5.41) is 12.3. The second-order valence-electron chi connectivity index (χ2n) is 8.26. The standard InChI is InChI=1S/C30H27O6P.ClH/c1-34-29-25(18-19-27(30(29)35-2)36-20-28(32)33)26(31)21-37(22-12-6-3-7-13-22,23-14-8-4-9-15-23)24-16-10-5-11-17-24;/h3-19H,20-21H2,1-2H3;1H. The van der Waals surface area contributed by atoms with E-state index < -0.39 is 19.8 Å². The van der Waals surface area contributed by atoms with Gasteiger partial charge in [-0.25, -0.2) is 4.79 Å². The number of hydrogen-bond donors (Lipinski definition) is 1. The third-order valence-corrected chi connectivity index (χ3v) is 10.4. The van der Waals surface area contributed by atoms with Gasteiger partial charge in [-0.1, -0.05) is 54.6 Å². The molecule has 0 saturated heterocycles. The minimum absolute atomic E-state index is 0. The van der Waals surface area contributed by atoms with Crippen LogP contribution in [-0.4, -0.2) is 43.8 Å². The van der Waals surface area contributed by atoms with Crippen molar-refractivity contribution in [1.82, 2.24) is 0 Å². The molecule has 0 unspecified atom stereocenters. The van der Waals surface area contributed by atoms with E-state index in [1.54, 1.807) is 12.1 Å². The number of carboxylic acids is 1. The zero-order chi connectivity index (χ0) is 26.3. The number of benzene rings is 4. The van der Waals surface area contributed by atoms with Gasteiger partial charge in [0.05, 0.1) is 19.8 Å². The summed E-state index contributed by atoms with van der Waals surface area (Å²) in [5.41, 5.74) is 0.342. The largest absolute Gasteiger partial charge is 1.00 e. The molecule has 38 heavy (non-hydrogen) atoms. The number of halogens is 1. The summed E-state index contributed by atoms with van der Waals surface area (Å²) in [4.78, 5) is 25.2. The smallest absolute Gasteiger partial charge is 0.341 e. The number of rotatable bonds is 11. The Morgan fingerprint density at radius 1 is 0.684 bits per heavy atom. The average Bonchev–Trinajstić information content (AvgIpc) is 2.95. The van der Waals surface area contributed by atoms with Gasteiger partial charge in [-0.15, -0.1) is 0 Å². The van der Waals surface area contributed by atoms with Crippen LogP contribution in [0.4, 0.5) is 0 Å². The fourth-order valence-electron chi connectivity index (χ4n) is 4.48. The molecule has 0 amide bonds. The molecule has 0 aliphatic rings. The van der Waals surface area contributed by atoms with Gasteiger partial charge >= 0.3 is 5.97 Å². The second-order valence-corrected chi connectivity index (χ2v) is 11.7. The topological polar surface area (TPSA) is 82.1 Å². The van der Waals surface area contributed by atoms with Gasteiger partial charge in [0.1, 0.15) is 29.3 Å². The summed E-state index contributed by atoms with van der Waals surface area (Å²) in [7, 11) is 0.452. The molecule has 0 fully saturated rings. The quantitative estimate of drug-likeness (QED) is 0.224. The molecule has 0 heterocycles. The van der Waals surface area contributed by atoms with E-state index in [4.69, 9.17) is 19.3 Å². The molecule has 4 aromatic rings. The van der Waals surface area contributed by atoms with Gasteiger partial charge in [-0.3, -0.25) is 4.79 Å². The van der Waals surface area contributed by atoms with Crippen LogP contribution in [0, 0.1) is 0 Å². The monoisotopic (exact) mass is 550 g/mol. The fraction of sp³-hybridized carbons (Fsp3) is 0.133. The number of hydrogen-bond acceptors (Lipinski definition) is 5. The number of ketones is 1. The van der Waals surface area contributed by atoms with Crippen molar-refractivity contribution in [2.24, 2.45) is 0 Å². The van der Waals surface area contributed by atoms with E-state index in [0.29, 0.717) is 5.56 Å². The van der Waals surface area contributed by atoms with Crippen LogP contribution in [0.1, 0.15) is 10.4 Å². The molecule has 1 N–H and O–H groups in total. The molecule has 6 nitrogen and oxygen atoms in total. The Morgan fingerprint density at radius 3 is 1.53 bits per heavy atom. The van der Waals surface area contributed by atoms with Crippen molar-refractivity contribution in [3.05, 3.63) is 109 Å². The zero-order valence-electron chi connectivity index (χ0n) is 21.0. The first kappa shape index (κ1) is 28.7. The molecule has 0 spiro atoms. The lowest BCUT2D eigenvalue weighted by Crippen LogP contribution is -3.00. The summed E-state index contributed by atoms with van der Waals surface area (Å²) < 4.78 is 16.5. The highest BCUT2D eigenvalue weighted by atomic mass is 35.5. The van der Waals surface area contributed by atoms with Crippen molar-refractivity contribution in [3.8, 4) is 17.2 Å². The Labute approximate surface area is 228 Å². The van der Waals surface area contributed by atoms with E-state index in [9.17, 15) is 9.59 Å². The van der Waals surface area contributed by atoms with Crippen LogP contribution in [0.5, 0.6) is 17.2 Å². The highest BCUT2D eigenvalue weighted by Crippen LogP contribution is 2.56. The Balaban J connectivity index is 0.00000400. The van der Waals surface area contributed by atoms with Gasteiger partial charge in [0.15, 0.2) is 18.1 Å².